The monoisotopic (exact) mass is 361 g/mol. The lowest BCUT2D eigenvalue weighted by atomic mass is 10.0. The minimum Gasteiger partial charge on any atom is -0.506 e. The zero-order valence-corrected chi connectivity index (χ0v) is 17.3. The number of unbranched alkanes of at least 4 members (excludes halogenated alkanes) is 15. The Balaban J connectivity index is 1.74. The second-order valence-electron chi connectivity index (χ2n) is 7.75. The maximum absolute atomic E-state index is 9.68. The van der Waals surface area contributed by atoms with Crippen molar-refractivity contribution in [1.29, 1.82) is 0 Å². The van der Waals surface area contributed by atoms with E-state index in [0.717, 1.165) is 12.2 Å². The SMILES string of the molecule is CCCCCCCCCCCCCCCCCCNc1ccccc1O. The van der Waals surface area contributed by atoms with Crippen LogP contribution in [0.5, 0.6) is 5.75 Å². The van der Waals surface area contributed by atoms with E-state index >= 15 is 0 Å². The van der Waals surface area contributed by atoms with Crippen molar-refractivity contribution in [3.05, 3.63) is 24.3 Å². The molecule has 1 aromatic carbocycles. The second-order valence-corrected chi connectivity index (χ2v) is 7.75. The molecule has 0 aliphatic rings. The summed E-state index contributed by atoms with van der Waals surface area (Å²) in [5.41, 5.74) is 0.855. The first-order valence-corrected chi connectivity index (χ1v) is 11.4. The molecule has 0 aliphatic heterocycles. The van der Waals surface area contributed by atoms with Crippen molar-refractivity contribution in [2.24, 2.45) is 0 Å². The van der Waals surface area contributed by atoms with Crippen molar-refractivity contribution >= 4 is 5.69 Å². The summed E-state index contributed by atoms with van der Waals surface area (Å²) in [5, 5.41) is 13.0. The van der Waals surface area contributed by atoms with Crippen molar-refractivity contribution < 1.29 is 5.11 Å². The van der Waals surface area contributed by atoms with Crippen molar-refractivity contribution in [3.8, 4) is 5.75 Å². The summed E-state index contributed by atoms with van der Waals surface area (Å²) >= 11 is 0. The molecule has 0 atom stereocenters. The highest BCUT2D eigenvalue weighted by Crippen LogP contribution is 2.21. The van der Waals surface area contributed by atoms with Gasteiger partial charge in [0, 0.05) is 6.54 Å². The predicted octanol–water partition coefficient (Wildman–Crippen LogP) is 8.07. The average molecular weight is 362 g/mol. The molecule has 0 saturated heterocycles. The lowest BCUT2D eigenvalue weighted by Crippen LogP contribution is -2.01. The lowest BCUT2D eigenvalue weighted by Gasteiger charge is -2.08. The molecule has 0 aromatic heterocycles. The first kappa shape index (κ1) is 22.9. The number of hydrogen-bond acceptors (Lipinski definition) is 2. The van der Waals surface area contributed by atoms with Crippen LogP contribution < -0.4 is 5.32 Å². The van der Waals surface area contributed by atoms with Gasteiger partial charge in [0.2, 0.25) is 0 Å². The van der Waals surface area contributed by atoms with Gasteiger partial charge in [-0.15, -0.1) is 0 Å². The summed E-state index contributed by atoms with van der Waals surface area (Å²) in [6, 6.07) is 7.47. The van der Waals surface area contributed by atoms with Crippen LogP contribution in [0.1, 0.15) is 110 Å². The maximum atomic E-state index is 9.68. The molecule has 2 nitrogen and oxygen atoms in total. The number of aromatic hydroxyl groups is 1. The molecule has 0 amide bonds. The molecule has 0 heterocycles. The highest BCUT2D eigenvalue weighted by Gasteiger charge is 1.98. The van der Waals surface area contributed by atoms with Crippen LogP contribution in [0, 0.1) is 0 Å². The number of phenols is 1. The molecular formula is C24H43NO. The lowest BCUT2D eigenvalue weighted by molar-refractivity contribution is 0.477. The van der Waals surface area contributed by atoms with Crippen molar-refractivity contribution in [1.82, 2.24) is 0 Å². The zero-order chi connectivity index (χ0) is 18.7. The van der Waals surface area contributed by atoms with E-state index in [9.17, 15) is 5.11 Å². The quantitative estimate of drug-likeness (QED) is 0.205. The van der Waals surface area contributed by atoms with Gasteiger partial charge in [-0.25, -0.2) is 0 Å². The van der Waals surface area contributed by atoms with Gasteiger partial charge in [0.25, 0.3) is 0 Å². The van der Waals surface area contributed by atoms with E-state index in [1.807, 2.05) is 18.2 Å². The van der Waals surface area contributed by atoms with Crippen molar-refractivity contribution in [2.75, 3.05) is 11.9 Å². The highest BCUT2D eigenvalue weighted by molar-refractivity contribution is 5.54. The van der Waals surface area contributed by atoms with Crippen LogP contribution in [0.4, 0.5) is 5.69 Å². The maximum Gasteiger partial charge on any atom is 0.138 e. The molecule has 0 unspecified atom stereocenters. The Morgan fingerprint density at radius 2 is 1.04 bits per heavy atom. The summed E-state index contributed by atoms with van der Waals surface area (Å²) in [5.74, 6) is 0.351. The van der Waals surface area contributed by atoms with Gasteiger partial charge in [0.1, 0.15) is 5.75 Å². The van der Waals surface area contributed by atoms with E-state index in [1.165, 1.54) is 103 Å². The Morgan fingerprint density at radius 1 is 0.615 bits per heavy atom. The van der Waals surface area contributed by atoms with Gasteiger partial charge < -0.3 is 10.4 Å². The predicted molar refractivity (Wildman–Crippen MR) is 116 cm³/mol. The number of benzene rings is 1. The number of phenolic OH excluding ortho intramolecular Hbond substituents is 1. The third-order valence-electron chi connectivity index (χ3n) is 5.25. The van der Waals surface area contributed by atoms with Crippen LogP contribution >= 0.6 is 0 Å². The minimum absolute atomic E-state index is 0.351. The van der Waals surface area contributed by atoms with Crippen LogP contribution in [0.3, 0.4) is 0 Å². The molecule has 0 saturated carbocycles. The van der Waals surface area contributed by atoms with Crippen molar-refractivity contribution in [2.45, 2.75) is 110 Å². The number of nitrogens with one attached hydrogen (secondary N) is 1. The minimum atomic E-state index is 0.351. The Morgan fingerprint density at radius 3 is 1.50 bits per heavy atom. The van der Waals surface area contributed by atoms with E-state index in [0.29, 0.717) is 5.75 Å². The molecule has 0 bridgehead atoms. The fraction of sp³-hybridized carbons (Fsp3) is 0.750. The normalized spacial score (nSPS) is 11.0. The highest BCUT2D eigenvalue weighted by atomic mass is 16.3. The Labute approximate surface area is 162 Å². The second kappa shape index (κ2) is 17.2. The van der Waals surface area contributed by atoms with Crippen LogP contribution in [0.25, 0.3) is 0 Å². The molecule has 0 radical (unpaired) electrons. The molecule has 0 fully saturated rings. The van der Waals surface area contributed by atoms with Crippen LogP contribution in [-0.2, 0) is 0 Å². The van der Waals surface area contributed by atoms with Gasteiger partial charge in [-0.05, 0) is 18.6 Å². The Kier molecular flexibility index (Phi) is 15.2. The number of rotatable bonds is 18. The first-order chi connectivity index (χ1) is 12.8. The molecule has 1 rings (SSSR count). The van der Waals surface area contributed by atoms with Gasteiger partial charge >= 0.3 is 0 Å². The molecule has 1 aromatic rings. The molecule has 26 heavy (non-hydrogen) atoms. The smallest absolute Gasteiger partial charge is 0.138 e. The first-order valence-electron chi connectivity index (χ1n) is 11.4. The van der Waals surface area contributed by atoms with E-state index < -0.39 is 0 Å². The largest absolute Gasteiger partial charge is 0.506 e. The number of anilines is 1. The van der Waals surface area contributed by atoms with Gasteiger partial charge in [-0.1, -0.05) is 115 Å². The third-order valence-corrected chi connectivity index (χ3v) is 5.25. The number of hydrogen-bond donors (Lipinski definition) is 2. The Hall–Kier alpha value is -1.18. The summed E-state index contributed by atoms with van der Waals surface area (Å²) in [6.07, 6.45) is 22.4. The molecule has 2 heteroatoms. The van der Waals surface area contributed by atoms with Crippen LogP contribution in [-0.4, -0.2) is 11.7 Å². The van der Waals surface area contributed by atoms with Gasteiger partial charge in [0.05, 0.1) is 5.69 Å². The fourth-order valence-corrected chi connectivity index (χ4v) is 3.52. The summed E-state index contributed by atoms with van der Waals surface area (Å²) in [6.45, 7) is 3.24. The standard InChI is InChI=1S/C24H43NO/c1-2-3-4-5-6-7-8-9-10-11-12-13-14-15-16-19-22-25-23-20-17-18-21-24(23)26/h17-18,20-21,25-26H,2-16,19,22H2,1H3. The summed E-state index contributed by atoms with van der Waals surface area (Å²) in [4.78, 5) is 0. The summed E-state index contributed by atoms with van der Waals surface area (Å²) in [7, 11) is 0. The van der Waals surface area contributed by atoms with E-state index in [1.54, 1.807) is 6.07 Å². The van der Waals surface area contributed by atoms with E-state index in [-0.39, 0.29) is 0 Å². The molecule has 150 valence electrons. The van der Waals surface area contributed by atoms with Gasteiger partial charge in [-0.2, -0.15) is 0 Å². The van der Waals surface area contributed by atoms with E-state index in [2.05, 4.69) is 12.2 Å². The molecule has 2 N–H and O–H groups in total. The van der Waals surface area contributed by atoms with Gasteiger partial charge in [-0.3, -0.25) is 0 Å². The fourth-order valence-electron chi connectivity index (χ4n) is 3.52. The molecule has 0 aliphatic carbocycles. The van der Waals surface area contributed by atoms with E-state index in [4.69, 9.17) is 0 Å². The Bertz CT molecular complexity index is 418. The van der Waals surface area contributed by atoms with Crippen LogP contribution in [0.2, 0.25) is 0 Å². The summed E-state index contributed by atoms with van der Waals surface area (Å²) < 4.78 is 0. The van der Waals surface area contributed by atoms with Crippen LogP contribution in [0.15, 0.2) is 24.3 Å². The topological polar surface area (TPSA) is 32.3 Å². The van der Waals surface area contributed by atoms with Gasteiger partial charge in [0.15, 0.2) is 0 Å². The third kappa shape index (κ3) is 13.1. The number of para-hydroxylation sites is 2. The van der Waals surface area contributed by atoms with Crippen molar-refractivity contribution in [3.63, 3.8) is 0 Å². The molecular weight excluding hydrogens is 318 g/mol. The molecule has 0 spiro atoms. The zero-order valence-electron chi connectivity index (χ0n) is 17.3. The average Bonchev–Trinajstić information content (AvgIpc) is 2.65.